The van der Waals surface area contributed by atoms with Crippen LogP contribution in [0.5, 0.6) is 0 Å². The van der Waals surface area contributed by atoms with Gasteiger partial charge in [-0.2, -0.15) is 0 Å². The van der Waals surface area contributed by atoms with Crippen molar-refractivity contribution in [3.8, 4) is 0 Å². The van der Waals surface area contributed by atoms with E-state index in [1.54, 1.807) is 30.3 Å². The molecular weight excluding hydrogens is 358 g/mol. The Morgan fingerprint density at radius 2 is 1.59 bits per heavy atom. The van der Waals surface area contributed by atoms with Crippen LogP contribution in [0.3, 0.4) is 0 Å². The second-order valence-corrected chi connectivity index (χ2v) is 8.12. The van der Waals surface area contributed by atoms with Gasteiger partial charge in [0.15, 0.2) is 11.6 Å². The van der Waals surface area contributed by atoms with Gasteiger partial charge in [0.25, 0.3) is 0 Å². The summed E-state index contributed by atoms with van der Waals surface area (Å²) < 4.78 is 0. The van der Waals surface area contributed by atoms with Crippen LogP contribution >= 0.6 is 0 Å². The molecule has 0 amide bonds. The molecule has 3 heteroatoms. The van der Waals surface area contributed by atoms with Gasteiger partial charge in [0.1, 0.15) is 0 Å². The van der Waals surface area contributed by atoms with Crippen molar-refractivity contribution in [2.45, 2.75) is 25.9 Å². The highest BCUT2D eigenvalue weighted by Gasteiger charge is 2.33. The number of hydrogen-bond acceptors (Lipinski definition) is 3. The van der Waals surface area contributed by atoms with Gasteiger partial charge in [-0.25, -0.2) is 0 Å². The van der Waals surface area contributed by atoms with Crippen LogP contribution in [-0.2, 0) is 19.5 Å². The molecule has 0 saturated heterocycles. The van der Waals surface area contributed by atoms with E-state index in [1.165, 1.54) is 28.0 Å². The minimum Gasteiger partial charge on any atom is -0.366 e. The maximum absolute atomic E-state index is 12.6. The SMILES string of the molecule is O=C1C(=CC2=CC=C(N3Cc4cc5c(cc4C3)CC=C5)C2)C(=O)c2ccccc21. The molecule has 0 fully saturated rings. The minimum atomic E-state index is -0.156. The molecule has 29 heavy (non-hydrogen) atoms. The Balaban J connectivity index is 1.20. The summed E-state index contributed by atoms with van der Waals surface area (Å²) in [5, 5.41) is 0. The largest absolute Gasteiger partial charge is 0.366 e. The molecule has 0 atom stereocenters. The van der Waals surface area contributed by atoms with Gasteiger partial charge in [-0.1, -0.05) is 48.6 Å². The summed E-state index contributed by atoms with van der Waals surface area (Å²) in [4.78, 5) is 27.7. The van der Waals surface area contributed by atoms with Gasteiger partial charge in [0.05, 0.1) is 5.57 Å². The highest BCUT2D eigenvalue weighted by molar-refractivity contribution is 6.39. The van der Waals surface area contributed by atoms with E-state index >= 15 is 0 Å². The maximum atomic E-state index is 12.6. The third-order valence-corrected chi connectivity index (χ3v) is 6.34. The number of carbonyl (C=O) groups is 2. The number of hydrogen-bond donors (Lipinski definition) is 0. The molecule has 3 aliphatic carbocycles. The maximum Gasteiger partial charge on any atom is 0.197 e. The fourth-order valence-corrected chi connectivity index (χ4v) is 4.80. The minimum absolute atomic E-state index is 0.156. The summed E-state index contributed by atoms with van der Waals surface area (Å²) in [6.07, 6.45) is 12.2. The normalized spacial score (nSPS) is 18.8. The van der Waals surface area contributed by atoms with Crippen LogP contribution < -0.4 is 0 Å². The first-order chi connectivity index (χ1) is 14.2. The molecule has 140 valence electrons. The summed E-state index contributed by atoms with van der Waals surface area (Å²) in [6, 6.07) is 11.8. The lowest BCUT2D eigenvalue weighted by Gasteiger charge is -2.19. The van der Waals surface area contributed by atoms with Crippen LogP contribution in [0.4, 0.5) is 0 Å². The monoisotopic (exact) mass is 377 g/mol. The highest BCUT2D eigenvalue weighted by atomic mass is 16.2. The predicted octanol–water partition coefficient (Wildman–Crippen LogP) is 4.79. The van der Waals surface area contributed by atoms with Crippen LogP contribution in [0.25, 0.3) is 6.08 Å². The van der Waals surface area contributed by atoms with Crippen molar-refractivity contribution in [3.63, 3.8) is 0 Å². The molecular formula is C26H19NO2. The highest BCUT2D eigenvalue weighted by Crippen LogP contribution is 2.36. The van der Waals surface area contributed by atoms with Crippen LogP contribution in [0, 0.1) is 0 Å². The number of nitrogens with zero attached hydrogens (tertiary/aromatic N) is 1. The number of Topliss-reactive ketones (excluding diaryl/α,β-unsaturated/α-hetero) is 2. The first kappa shape index (κ1) is 16.5. The summed E-state index contributed by atoms with van der Waals surface area (Å²) in [5.74, 6) is -0.313. The Morgan fingerprint density at radius 3 is 2.34 bits per heavy atom. The third-order valence-electron chi connectivity index (χ3n) is 6.34. The summed E-state index contributed by atoms with van der Waals surface area (Å²) in [5.41, 5.74) is 9.20. The van der Waals surface area contributed by atoms with Crippen molar-refractivity contribution in [2.75, 3.05) is 0 Å². The van der Waals surface area contributed by atoms with Crippen molar-refractivity contribution < 1.29 is 9.59 Å². The average Bonchev–Trinajstić information content (AvgIpc) is 3.50. The van der Waals surface area contributed by atoms with Crippen molar-refractivity contribution in [3.05, 3.63) is 111 Å². The molecule has 0 bridgehead atoms. The Morgan fingerprint density at radius 1 is 0.862 bits per heavy atom. The van der Waals surface area contributed by atoms with Gasteiger partial charge in [0, 0.05) is 36.3 Å². The van der Waals surface area contributed by atoms with Crippen LogP contribution in [-0.4, -0.2) is 16.5 Å². The van der Waals surface area contributed by atoms with Crippen molar-refractivity contribution in [1.29, 1.82) is 0 Å². The van der Waals surface area contributed by atoms with E-state index in [0.717, 1.165) is 31.5 Å². The predicted molar refractivity (Wildman–Crippen MR) is 112 cm³/mol. The molecule has 0 unspecified atom stereocenters. The summed E-state index contributed by atoms with van der Waals surface area (Å²) >= 11 is 0. The van der Waals surface area contributed by atoms with Crippen molar-refractivity contribution >= 4 is 17.6 Å². The van der Waals surface area contributed by atoms with Crippen LogP contribution in [0.15, 0.2) is 77.5 Å². The molecule has 1 heterocycles. The van der Waals surface area contributed by atoms with Crippen LogP contribution in [0.2, 0.25) is 0 Å². The number of carbonyl (C=O) groups excluding carboxylic acids is 2. The van der Waals surface area contributed by atoms with Crippen molar-refractivity contribution in [2.24, 2.45) is 0 Å². The first-order valence-electron chi connectivity index (χ1n) is 10.0. The standard InChI is InChI=1S/C26H19NO2/c28-25-22-6-1-2-7-23(22)26(29)24(25)11-16-8-9-21(10-16)27-14-19-12-17-4-3-5-18(17)13-20(19)15-27/h1-4,6-9,11-13H,5,10,14-15H2. The molecule has 3 nitrogen and oxygen atoms in total. The zero-order valence-electron chi connectivity index (χ0n) is 15.9. The van der Waals surface area contributed by atoms with E-state index in [9.17, 15) is 9.59 Å². The molecule has 1 aliphatic heterocycles. The Hall–Kier alpha value is -3.46. The second-order valence-electron chi connectivity index (χ2n) is 8.12. The average molecular weight is 377 g/mol. The van der Waals surface area contributed by atoms with Gasteiger partial charge >= 0.3 is 0 Å². The second kappa shape index (κ2) is 6.02. The number of fused-ring (bicyclic) bond motifs is 3. The molecule has 4 aliphatic rings. The fourth-order valence-electron chi connectivity index (χ4n) is 4.80. The Kier molecular flexibility index (Phi) is 3.42. The summed E-state index contributed by atoms with van der Waals surface area (Å²) in [6.45, 7) is 1.85. The Bertz CT molecular complexity index is 1200. The zero-order chi connectivity index (χ0) is 19.5. The van der Waals surface area contributed by atoms with E-state index in [1.807, 2.05) is 6.08 Å². The number of rotatable bonds is 2. The van der Waals surface area contributed by atoms with Gasteiger partial charge in [-0.05, 0) is 52.5 Å². The molecule has 2 aromatic rings. The number of allylic oxidation sites excluding steroid dienone is 6. The molecule has 2 aromatic carbocycles. The molecule has 0 saturated carbocycles. The van der Waals surface area contributed by atoms with E-state index in [0.29, 0.717) is 16.7 Å². The number of benzene rings is 2. The van der Waals surface area contributed by atoms with Gasteiger partial charge in [0.2, 0.25) is 0 Å². The first-order valence-corrected chi connectivity index (χ1v) is 10.0. The third kappa shape index (κ3) is 2.51. The molecule has 6 rings (SSSR count). The topological polar surface area (TPSA) is 37.4 Å². The van der Waals surface area contributed by atoms with E-state index in [4.69, 9.17) is 0 Å². The van der Waals surface area contributed by atoms with E-state index in [2.05, 4.69) is 35.3 Å². The van der Waals surface area contributed by atoms with Crippen LogP contribution in [0.1, 0.15) is 49.4 Å². The van der Waals surface area contributed by atoms with E-state index in [-0.39, 0.29) is 11.6 Å². The smallest absolute Gasteiger partial charge is 0.197 e. The van der Waals surface area contributed by atoms with Gasteiger partial charge in [-0.15, -0.1) is 0 Å². The lowest BCUT2D eigenvalue weighted by molar-refractivity contribution is 0.0988. The molecule has 0 aromatic heterocycles. The lowest BCUT2D eigenvalue weighted by Crippen LogP contribution is -2.14. The fraction of sp³-hybridized carbons (Fsp3) is 0.154. The molecule has 0 spiro atoms. The quantitative estimate of drug-likeness (QED) is 0.558. The number of ketones is 2. The van der Waals surface area contributed by atoms with Gasteiger partial charge in [-0.3, -0.25) is 9.59 Å². The molecule has 0 radical (unpaired) electrons. The lowest BCUT2D eigenvalue weighted by atomic mass is 10.0. The summed E-state index contributed by atoms with van der Waals surface area (Å²) in [7, 11) is 0. The zero-order valence-corrected chi connectivity index (χ0v) is 15.9. The van der Waals surface area contributed by atoms with E-state index < -0.39 is 0 Å². The molecule has 0 N–H and O–H groups in total. The Labute approximate surface area is 169 Å². The van der Waals surface area contributed by atoms with Crippen molar-refractivity contribution in [1.82, 2.24) is 4.90 Å². The van der Waals surface area contributed by atoms with Gasteiger partial charge < -0.3 is 4.90 Å².